The molecule has 0 unspecified atom stereocenters. The largest absolute Gasteiger partial charge is 0.276 e. The fraction of sp³-hybridized carbons (Fsp3) is 0.222. The van der Waals surface area contributed by atoms with Crippen molar-refractivity contribution >= 4 is 22.5 Å². The van der Waals surface area contributed by atoms with Crippen LogP contribution >= 0.6 is 11.6 Å². The molecule has 0 spiro atoms. The Hall–Kier alpha value is -1.42. The number of carbonyl (C=O) groups is 1. The summed E-state index contributed by atoms with van der Waals surface area (Å²) in [6.07, 6.45) is 0. The fourth-order valence-corrected chi connectivity index (χ4v) is 1.43. The van der Waals surface area contributed by atoms with Gasteiger partial charge in [-0.1, -0.05) is 0 Å². The number of hydrogen-bond acceptors (Lipinski definition) is 3. The van der Waals surface area contributed by atoms with Gasteiger partial charge in [0.05, 0.1) is 4.92 Å². The molecule has 74 valence electrons. The van der Waals surface area contributed by atoms with E-state index in [0.29, 0.717) is 11.1 Å². The minimum absolute atomic E-state index is 0.0750. The summed E-state index contributed by atoms with van der Waals surface area (Å²) in [5, 5.41) is 9.93. The molecule has 0 N–H and O–H groups in total. The van der Waals surface area contributed by atoms with Crippen molar-refractivity contribution in [3.8, 4) is 0 Å². The Kier molecular flexibility index (Phi) is 2.86. The standard InChI is InChI=1S/C9H8ClNO3/c1-5-3-7(9(10)12)6(2)8(4-5)11(13)14/h3-4H,1-2H3. The van der Waals surface area contributed by atoms with Gasteiger partial charge in [-0.3, -0.25) is 14.9 Å². The Labute approximate surface area is 85.6 Å². The second-order valence-corrected chi connectivity index (χ2v) is 3.33. The van der Waals surface area contributed by atoms with Crippen LogP contribution in [-0.4, -0.2) is 10.2 Å². The number of nitrogens with zero attached hydrogens (tertiary/aromatic N) is 1. The Morgan fingerprint density at radius 2 is 2.00 bits per heavy atom. The lowest BCUT2D eigenvalue weighted by Gasteiger charge is -2.03. The molecule has 0 aromatic heterocycles. The first-order chi connectivity index (χ1) is 6.43. The van der Waals surface area contributed by atoms with Crippen LogP contribution in [0.3, 0.4) is 0 Å². The molecule has 0 aliphatic carbocycles. The molecule has 0 radical (unpaired) electrons. The zero-order valence-corrected chi connectivity index (χ0v) is 8.46. The molecule has 0 fully saturated rings. The maximum absolute atomic E-state index is 10.9. The average molecular weight is 214 g/mol. The molecule has 0 amide bonds. The number of benzene rings is 1. The average Bonchev–Trinajstić information content (AvgIpc) is 2.07. The molecule has 4 nitrogen and oxygen atoms in total. The SMILES string of the molecule is Cc1cc(C(=O)Cl)c(C)c([N+](=O)[O-])c1. The number of aryl methyl sites for hydroxylation is 1. The van der Waals surface area contributed by atoms with E-state index in [-0.39, 0.29) is 11.3 Å². The van der Waals surface area contributed by atoms with Gasteiger partial charge in [0, 0.05) is 17.2 Å². The third-order valence-electron chi connectivity index (χ3n) is 1.93. The summed E-state index contributed by atoms with van der Waals surface area (Å²) >= 11 is 5.30. The first kappa shape index (κ1) is 10.7. The Morgan fingerprint density at radius 1 is 1.43 bits per heavy atom. The number of nitro benzene ring substituents is 1. The van der Waals surface area contributed by atoms with E-state index in [9.17, 15) is 14.9 Å². The van der Waals surface area contributed by atoms with Crippen LogP contribution in [0.5, 0.6) is 0 Å². The van der Waals surface area contributed by atoms with Gasteiger partial charge in [0.25, 0.3) is 10.9 Å². The van der Waals surface area contributed by atoms with Crippen LogP contribution in [0.1, 0.15) is 21.5 Å². The molecule has 1 rings (SSSR count). The molecule has 0 heterocycles. The highest BCUT2D eigenvalue weighted by molar-refractivity contribution is 6.68. The van der Waals surface area contributed by atoms with Gasteiger partial charge in [-0.2, -0.15) is 0 Å². The van der Waals surface area contributed by atoms with E-state index in [0.717, 1.165) is 0 Å². The second kappa shape index (κ2) is 3.75. The molecular weight excluding hydrogens is 206 g/mol. The molecule has 0 aliphatic rings. The lowest BCUT2D eigenvalue weighted by atomic mass is 10.0. The predicted octanol–water partition coefficient (Wildman–Crippen LogP) is 2.59. The first-order valence-corrected chi connectivity index (χ1v) is 4.26. The van der Waals surface area contributed by atoms with Gasteiger partial charge < -0.3 is 0 Å². The van der Waals surface area contributed by atoms with Crippen LogP contribution < -0.4 is 0 Å². The van der Waals surface area contributed by atoms with E-state index in [1.54, 1.807) is 6.92 Å². The summed E-state index contributed by atoms with van der Waals surface area (Å²) in [6.45, 7) is 3.18. The maximum Gasteiger partial charge on any atom is 0.273 e. The van der Waals surface area contributed by atoms with Gasteiger partial charge in [0.15, 0.2) is 0 Å². The molecule has 0 atom stereocenters. The van der Waals surface area contributed by atoms with E-state index < -0.39 is 10.2 Å². The van der Waals surface area contributed by atoms with Crippen molar-refractivity contribution in [1.82, 2.24) is 0 Å². The van der Waals surface area contributed by atoms with Crippen LogP contribution in [-0.2, 0) is 0 Å². The summed E-state index contributed by atoms with van der Waals surface area (Å²) in [5.74, 6) is 0. The first-order valence-electron chi connectivity index (χ1n) is 3.89. The number of carbonyl (C=O) groups excluding carboxylic acids is 1. The lowest BCUT2D eigenvalue weighted by Crippen LogP contribution is -2.00. The zero-order chi connectivity index (χ0) is 10.9. The molecule has 0 bridgehead atoms. The summed E-state index contributed by atoms with van der Waals surface area (Å²) in [6, 6.07) is 2.95. The van der Waals surface area contributed by atoms with E-state index in [1.807, 2.05) is 0 Å². The molecule has 5 heteroatoms. The van der Waals surface area contributed by atoms with Crippen LogP contribution in [0.15, 0.2) is 12.1 Å². The Bertz CT molecular complexity index is 380. The minimum Gasteiger partial charge on any atom is -0.276 e. The van der Waals surface area contributed by atoms with E-state index >= 15 is 0 Å². The fourth-order valence-electron chi connectivity index (χ4n) is 1.23. The minimum atomic E-state index is -0.672. The number of rotatable bonds is 2. The summed E-state index contributed by atoms with van der Waals surface area (Å²) in [4.78, 5) is 21.0. The molecule has 0 saturated heterocycles. The smallest absolute Gasteiger partial charge is 0.273 e. The van der Waals surface area contributed by atoms with Gasteiger partial charge >= 0.3 is 0 Å². The lowest BCUT2D eigenvalue weighted by molar-refractivity contribution is -0.385. The topological polar surface area (TPSA) is 60.2 Å². The molecule has 1 aromatic carbocycles. The third-order valence-corrected chi connectivity index (χ3v) is 2.14. The highest BCUT2D eigenvalue weighted by atomic mass is 35.5. The van der Waals surface area contributed by atoms with Crippen molar-refractivity contribution in [2.24, 2.45) is 0 Å². The van der Waals surface area contributed by atoms with Crippen LogP contribution in [0.25, 0.3) is 0 Å². The van der Waals surface area contributed by atoms with Crippen molar-refractivity contribution in [2.45, 2.75) is 13.8 Å². The van der Waals surface area contributed by atoms with Crippen molar-refractivity contribution < 1.29 is 9.72 Å². The monoisotopic (exact) mass is 213 g/mol. The normalized spacial score (nSPS) is 9.93. The van der Waals surface area contributed by atoms with E-state index in [4.69, 9.17) is 11.6 Å². The Balaban J connectivity index is 3.47. The van der Waals surface area contributed by atoms with E-state index in [2.05, 4.69) is 0 Å². The van der Waals surface area contributed by atoms with Crippen molar-refractivity contribution in [2.75, 3.05) is 0 Å². The molecule has 14 heavy (non-hydrogen) atoms. The predicted molar refractivity (Wildman–Crippen MR) is 52.8 cm³/mol. The summed E-state index contributed by atoms with van der Waals surface area (Å²) in [7, 11) is 0. The summed E-state index contributed by atoms with van der Waals surface area (Å²) < 4.78 is 0. The summed E-state index contributed by atoms with van der Waals surface area (Å²) in [5.41, 5.74) is 1.07. The van der Waals surface area contributed by atoms with Gasteiger partial charge in [-0.25, -0.2) is 0 Å². The van der Waals surface area contributed by atoms with Crippen LogP contribution in [0.2, 0.25) is 0 Å². The third kappa shape index (κ3) is 1.90. The maximum atomic E-state index is 10.9. The number of halogens is 1. The molecule has 0 saturated carbocycles. The van der Waals surface area contributed by atoms with Gasteiger partial charge in [0.1, 0.15) is 0 Å². The molecular formula is C9H8ClNO3. The highest BCUT2D eigenvalue weighted by Gasteiger charge is 2.17. The van der Waals surface area contributed by atoms with Gasteiger partial charge in [-0.05, 0) is 37.1 Å². The molecule has 1 aromatic rings. The Morgan fingerprint density at radius 3 is 2.43 bits per heavy atom. The quantitative estimate of drug-likeness (QED) is 0.431. The number of nitro groups is 1. The van der Waals surface area contributed by atoms with Crippen molar-refractivity contribution in [3.05, 3.63) is 38.9 Å². The zero-order valence-electron chi connectivity index (χ0n) is 7.70. The van der Waals surface area contributed by atoms with Crippen LogP contribution in [0.4, 0.5) is 5.69 Å². The van der Waals surface area contributed by atoms with Crippen LogP contribution in [0, 0.1) is 24.0 Å². The van der Waals surface area contributed by atoms with E-state index in [1.165, 1.54) is 19.1 Å². The van der Waals surface area contributed by atoms with Gasteiger partial charge in [0.2, 0.25) is 0 Å². The van der Waals surface area contributed by atoms with Gasteiger partial charge in [-0.15, -0.1) is 0 Å². The van der Waals surface area contributed by atoms with Crippen molar-refractivity contribution in [1.29, 1.82) is 0 Å². The number of hydrogen-bond donors (Lipinski definition) is 0. The second-order valence-electron chi connectivity index (χ2n) is 2.99. The molecule has 0 aliphatic heterocycles. The van der Waals surface area contributed by atoms with Crippen molar-refractivity contribution in [3.63, 3.8) is 0 Å². The highest BCUT2D eigenvalue weighted by Crippen LogP contribution is 2.24.